The lowest BCUT2D eigenvalue weighted by atomic mass is 10.1. The van der Waals surface area contributed by atoms with Gasteiger partial charge in [-0.05, 0) is 19.3 Å². The van der Waals surface area contributed by atoms with Crippen molar-refractivity contribution in [2.75, 3.05) is 10.7 Å². The zero-order valence-corrected chi connectivity index (χ0v) is 11.0. The van der Waals surface area contributed by atoms with E-state index in [4.69, 9.17) is 5.84 Å². The van der Waals surface area contributed by atoms with Crippen molar-refractivity contribution in [3.63, 3.8) is 0 Å². The molecule has 0 bridgehead atoms. The Labute approximate surface area is 109 Å². The fraction of sp³-hybridized carbons (Fsp3) is 0.636. The third kappa shape index (κ3) is 4.90. The first-order valence-electron chi connectivity index (χ1n) is 5.91. The molecule has 0 saturated heterocycles. The van der Waals surface area contributed by atoms with Crippen molar-refractivity contribution < 1.29 is 13.2 Å². The molecule has 0 aliphatic rings. The number of nitrogen functional groups attached to an aromatic ring is 1. The third-order valence-corrected chi connectivity index (χ3v) is 2.35. The summed E-state index contributed by atoms with van der Waals surface area (Å²) >= 11 is 0. The number of nitrogens with one attached hydrogen (secondary N) is 2. The molecule has 0 spiro atoms. The van der Waals surface area contributed by atoms with Crippen molar-refractivity contribution in [1.82, 2.24) is 9.97 Å². The van der Waals surface area contributed by atoms with E-state index in [9.17, 15) is 13.2 Å². The number of hydrogen-bond donors (Lipinski definition) is 3. The topological polar surface area (TPSA) is 75.9 Å². The van der Waals surface area contributed by atoms with Crippen molar-refractivity contribution >= 4 is 11.6 Å². The van der Waals surface area contributed by atoms with Gasteiger partial charge in [0.05, 0.1) is 0 Å². The SMILES string of the molecule is CC(C)CC(C)Nc1cc(NN)nc(C(F)(F)F)n1. The molecular weight excluding hydrogens is 259 g/mol. The van der Waals surface area contributed by atoms with Crippen molar-refractivity contribution in [1.29, 1.82) is 0 Å². The van der Waals surface area contributed by atoms with Crippen LogP contribution >= 0.6 is 0 Å². The molecule has 1 rings (SSSR count). The number of alkyl halides is 3. The zero-order chi connectivity index (χ0) is 14.6. The van der Waals surface area contributed by atoms with Gasteiger partial charge in [0, 0.05) is 12.1 Å². The van der Waals surface area contributed by atoms with E-state index >= 15 is 0 Å². The second kappa shape index (κ2) is 6.05. The lowest BCUT2D eigenvalue weighted by Crippen LogP contribution is -2.21. The standard InChI is InChI=1S/C11H18F3N5/c1-6(2)4-7(3)16-8-5-9(19-15)18-10(17-8)11(12,13)14/h5-7H,4,15H2,1-3H3,(H2,16,17,18,19). The van der Waals surface area contributed by atoms with Gasteiger partial charge in [-0.25, -0.2) is 15.8 Å². The molecule has 0 saturated carbocycles. The van der Waals surface area contributed by atoms with Crippen LogP contribution in [-0.2, 0) is 6.18 Å². The van der Waals surface area contributed by atoms with Crippen LogP contribution in [0.25, 0.3) is 0 Å². The van der Waals surface area contributed by atoms with Gasteiger partial charge in [-0.2, -0.15) is 13.2 Å². The van der Waals surface area contributed by atoms with Gasteiger partial charge >= 0.3 is 6.18 Å². The fourth-order valence-corrected chi connectivity index (χ4v) is 1.74. The largest absolute Gasteiger partial charge is 0.451 e. The molecule has 8 heteroatoms. The molecule has 1 aromatic rings. The first-order chi connectivity index (χ1) is 8.72. The van der Waals surface area contributed by atoms with E-state index in [-0.39, 0.29) is 17.7 Å². The average Bonchev–Trinajstić information content (AvgIpc) is 2.25. The minimum absolute atomic E-state index is 0.00149. The molecule has 1 unspecified atom stereocenters. The Balaban J connectivity index is 2.94. The molecule has 1 aromatic heterocycles. The molecule has 0 aliphatic carbocycles. The maximum absolute atomic E-state index is 12.6. The quantitative estimate of drug-likeness (QED) is 0.570. The molecule has 4 N–H and O–H groups in total. The summed E-state index contributed by atoms with van der Waals surface area (Å²) in [6.07, 6.45) is -3.79. The van der Waals surface area contributed by atoms with Crippen LogP contribution in [0.2, 0.25) is 0 Å². The maximum Gasteiger partial charge on any atom is 0.451 e. The fourth-order valence-electron chi connectivity index (χ4n) is 1.74. The van der Waals surface area contributed by atoms with Crippen LogP contribution in [0.1, 0.15) is 33.0 Å². The summed E-state index contributed by atoms with van der Waals surface area (Å²) in [5, 5.41) is 2.91. The normalized spacial score (nSPS) is 13.5. The minimum Gasteiger partial charge on any atom is -0.367 e. The van der Waals surface area contributed by atoms with E-state index < -0.39 is 12.0 Å². The van der Waals surface area contributed by atoms with Gasteiger partial charge in [0.2, 0.25) is 5.82 Å². The Kier molecular flexibility index (Phi) is 4.93. The summed E-state index contributed by atoms with van der Waals surface area (Å²) < 4.78 is 37.8. The molecule has 1 atom stereocenters. The zero-order valence-electron chi connectivity index (χ0n) is 11.0. The van der Waals surface area contributed by atoms with E-state index in [0.29, 0.717) is 5.92 Å². The van der Waals surface area contributed by atoms with Crippen molar-refractivity contribution in [3.8, 4) is 0 Å². The van der Waals surface area contributed by atoms with Crippen molar-refractivity contribution in [2.45, 2.75) is 39.4 Å². The van der Waals surface area contributed by atoms with Crippen LogP contribution in [0.4, 0.5) is 24.8 Å². The lowest BCUT2D eigenvalue weighted by Gasteiger charge is -2.17. The monoisotopic (exact) mass is 277 g/mol. The number of halogens is 3. The second-order valence-electron chi connectivity index (χ2n) is 4.78. The van der Waals surface area contributed by atoms with Crippen molar-refractivity contribution in [3.05, 3.63) is 11.9 Å². The highest BCUT2D eigenvalue weighted by Gasteiger charge is 2.35. The molecule has 19 heavy (non-hydrogen) atoms. The first-order valence-corrected chi connectivity index (χ1v) is 5.91. The first kappa shape index (κ1) is 15.5. The number of aromatic nitrogens is 2. The van der Waals surface area contributed by atoms with Gasteiger partial charge in [0.1, 0.15) is 11.6 Å². The Morgan fingerprint density at radius 3 is 2.26 bits per heavy atom. The summed E-state index contributed by atoms with van der Waals surface area (Å²) in [4.78, 5) is 6.74. The minimum atomic E-state index is -4.61. The predicted octanol–water partition coefficient (Wildman–Crippen LogP) is 2.63. The highest BCUT2D eigenvalue weighted by atomic mass is 19.4. The Morgan fingerprint density at radius 2 is 1.79 bits per heavy atom. The van der Waals surface area contributed by atoms with Crippen LogP contribution in [-0.4, -0.2) is 16.0 Å². The number of hydrazine groups is 1. The molecule has 108 valence electrons. The number of rotatable bonds is 5. The van der Waals surface area contributed by atoms with Crippen LogP contribution in [0, 0.1) is 5.92 Å². The molecule has 1 heterocycles. The summed E-state index contributed by atoms with van der Waals surface area (Å²) in [5.74, 6) is 4.33. The maximum atomic E-state index is 12.6. The number of nitrogens with zero attached hydrogens (tertiary/aromatic N) is 2. The number of nitrogens with two attached hydrogens (primary N) is 1. The Bertz CT molecular complexity index is 419. The summed E-state index contributed by atoms with van der Waals surface area (Å²) in [6, 6.07) is 1.34. The van der Waals surface area contributed by atoms with Crippen LogP contribution in [0.5, 0.6) is 0 Å². The van der Waals surface area contributed by atoms with E-state index in [0.717, 1.165) is 6.42 Å². The van der Waals surface area contributed by atoms with Gasteiger partial charge in [0.15, 0.2) is 0 Å². The molecule has 0 amide bonds. The summed E-state index contributed by atoms with van der Waals surface area (Å²) in [7, 11) is 0. The average molecular weight is 277 g/mol. The van der Waals surface area contributed by atoms with Gasteiger partial charge in [-0.15, -0.1) is 0 Å². The second-order valence-corrected chi connectivity index (χ2v) is 4.78. The molecular formula is C11H18F3N5. The van der Waals surface area contributed by atoms with Gasteiger partial charge in [-0.3, -0.25) is 0 Å². The van der Waals surface area contributed by atoms with E-state index in [1.165, 1.54) is 6.07 Å². The van der Waals surface area contributed by atoms with Gasteiger partial charge in [0.25, 0.3) is 0 Å². The predicted molar refractivity (Wildman–Crippen MR) is 67.4 cm³/mol. The molecule has 0 aromatic carbocycles. The third-order valence-electron chi connectivity index (χ3n) is 2.35. The van der Waals surface area contributed by atoms with Crippen LogP contribution in [0.3, 0.4) is 0 Å². The number of hydrogen-bond acceptors (Lipinski definition) is 5. The van der Waals surface area contributed by atoms with E-state index in [1.807, 2.05) is 20.8 Å². The van der Waals surface area contributed by atoms with Gasteiger partial charge < -0.3 is 10.7 Å². The highest BCUT2D eigenvalue weighted by molar-refractivity contribution is 5.47. The van der Waals surface area contributed by atoms with E-state index in [2.05, 4.69) is 20.7 Å². The number of anilines is 2. The Morgan fingerprint density at radius 1 is 1.21 bits per heavy atom. The van der Waals surface area contributed by atoms with Crippen LogP contribution in [0.15, 0.2) is 6.07 Å². The molecule has 0 aliphatic heterocycles. The summed E-state index contributed by atoms with van der Waals surface area (Å²) in [6.45, 7) is 5.95. The van der Waals surface area contributed by atoms with Crippen molar-refractivity contribution in [2.24, 2.45) is 11.8 Å². The Hall–Kier alpha value is -1.57. The smallest absolute Gasteiger partial charge is 0.367 e. The van der Waals surface area contributed by atoms with Crippen LogP contribution < -0.4 is 16.6 Å². The lowest BCUT2D eigenvalue weighted by molar-refractivity contribution is -0.144. The van der Waals surface area contributed by atoms with Gasteiger partial charge in [-0.1, -0.05) is 13.8 Å². The molecule has 5 nitrogen and oxygen atoms in total. The highest BCUT2D eigenvalue weighted by Crippen LogP contribution is 2.28. The molecule has 0 radical (unpaired) electrons. The summed E-state index contributed by atoms with van der Waals surface area (Å²) in [5.41, 5.74) is 2.10. The molecule has 0 fully saturated rings. The van der Waals surface area contributed by atoms with E-state index in [1.54, 1.807) is 0 Å².